The summed E-state index contributed by atoms with van der Waals surface area (Å²) in [5.41, 5.74) is 10.5. The third-order valence-electron chi connectivity index (χ3n) is 8.42. The minimum absolute atomic E-state index is 0.271. The van der Waals surface area contributed by atoms with Gasteiger partial charge in [-0.05, 0) is 102 Å². The lowest BCUT2D eigenvalue weighted by Gasteiger charge is -2.33. The van der Waals surface area contributed by atoms with Gasteiger partial charge in [-0.25, -0.2) is 0 Å². The second-order valence-electron chi connectivity index (χ2n) is 13.4. The van der Waals surface area contributed by atoms with Crippen LogP contribution >= 0.6 is 0 Å². The maximum Gasteiger partial charge on any atom is 0.0357 e. The van der Waals surface area contributed by atoms with Crippen LogP contribution in [0.2, 0.25) is 0 Å². The topological polar surface area (TPSA) is 0 Å². The van der Waals surface area contributed by atoms with Gasteiger partial charge < -0.3 is 0 Å². The Bertz CT molecular complexity index is 1210. The van der Waals surface area contributed by atoms with E-state index in [-0.39, 0.29) is 11.3 Å². The highest BCUT2D eigenvalue weighted by atomic mass is 14.3. The molecular weight excluding hydrogens is 480 g/mol. The van der Waals surface area contributed by atoms with Crippen molar-refractivity contribution in [2.45, 2.75) is 114 Å². The Hall–Kier alpha value is -2.78. The summed E-state index contributed by atoms with van der Waals surface area (Å²) in [6.45, 7) is 22.7. The van der Waals surface area contributed by atoms with Gasteiger partial charge in [0.15, 0.2) is 0 Å². The first-order chi connectivity index (χ1) is 18.8. The predicted octanol–water partition coefficient (Wildman–Crippen LogP) is 12.1. The fraction of sp³-hybridized carbons (Fsp3) is 0.500. The van der Waals surface area contributed by atoms with Crippen molar-refractivity contribution in [2.24, 2.45) is 16.7 Å². The highest BCUT2D eigenvalue weighted by Gasteiger charge is 2.27. The van der Waals surface area contributed by atoms with E-state index in [1.165, 1.54) is 66.4 Å². The molecule has 0 aromatic rings. The molecule has 0 bridgehead atoms. The van der Waals surface area contributed by atoms with Gasteiger partial charge in [-0.3, -0.25) is 0 Å². The van der Waals surface area contributed by atoms with E-state index < -0.39 is 0 Å². The molecule has 1 atom stereocenters. The van der Waals surface area contributed by atoms with E-state index in [1.807, 2.05) is 0 Å². The van der Waals surface area contributed by atoms with Crippen LogP contribution in [-0.2, 0) is 0 Å². The van der Waals surface area contributed by atoms with Gasteiger partial charge in [-0.2, -0.15) is 0 Å². The van der Waals surface area contributed by atoms with E-state index in [2.05, 4.69) is 148 Å². The molecule has 2 rings (SSSR count). The Labute approximate surface area is 248 Å². The highest BCUT2D eigenvalue weighted by Crippen LogP contribution is 2.41. The van der Waals surface area contributed by atoms with Gasteiger partial charge in [0.05, 0.1) is 0 Å². The van der Waals surface area contributed by atoms with Crippen molar-refractivity contribution in [1.82, 2.24) is 0 Å². The number of hydrogen-bond acceptors (Lipinski definition) is 0. The SMILES string of the molecule is CC1=C(/C=C/C(C)=C/C=C\C(C)=C/C=C/C=C(\C)CC#CC(C)/C=C/C2=C(C)CCCC2(C)C)C(C)(C)CCC1. The lowest BCUT2D eigenvalue weighted by Crippen LogP contribution is -2.19. The molecule has 1 unspecified atom stereocenters. The summed E-state index contributed by atoms with van der Waals surface area (Å²) < 4.78 is 0. The molecule has 2 aliphatic carbocycles. The van der Waals surface area contributed by atoms with Crippen LogP contribution in [0, 0.1) is 28.6 Å². The number of allylic oxidation sites excluding steroid dienone is 18. The lowest BCUT2D eigenvalue weighted by molar-refractivity contribution is 0.376. The normalized spacial score (nSPS) is 21.7. The minimum atomic E-state index is 0.271. The van der Waals surface area contributed by atoms with Crippen molar-refractivity contribution < 1.29 is 0 Å². The first-order valence-electron chi connectivity index (χ1n) is 15.4. The van der Waals surface area contributed by atoms with E-state index in [9.17, 15) is 0 Å². The quantitative estimate of drug-likeness (QED) is 0.203. The molecule has 0 amide bonds. The maximum absolute atomic E-state index is 3.41. The van der Waals surface area contributed by atoms with Crippen LogP contribution in [0.25, 0.3) is 0 Å². The average Bonchev–Trinajstić information content (AvgIpc) is 2.85. The summed E-state index contributed by atoms with van der Waals surface area (Å²) in [6.07, 6.45) is 32.7. The third kappa shape index (κ3) is 11.4. The molecular formula is C40H56. The molecule has 0 fully saturated rings. The lowest BCUT2D eigenvalue weighted by atomic mass is 9.72. The van der Waals surface area contributed by atoms with Gasteiger partial charge in [-0.15, -0.1) is 0 Å². The van der Waals surface area contributed by atoms with Gasteiger partial charge in [0.25, 0.3) is 0 Å². The molecule has 40 heavy (non-hydrogen) atoms. The van der Waals surface area contributed by atoms with Crippen molar-refractivity contribution in [3.63, 3.8) is 0 Å². The van der Waals surface area contributed by atoms with E-state index in [1.54, 1.807) is 11.1 Å². The molecule has 2 aliphatic rings. The molecule has 0 radical (unpaired) electrons. The fourth-order valence-electron chi connectivity index (χ4n) is 5.82. The van der Waals surface area contributed by atoms with E-state index >= 15 is 0 Å². The fourth-order valence-corrected chi connectivity index (χ4v) is 5.82. The van der Waals surface area contributed by atoms with E-state index in [0.29, 0.717) is 5.41 Å². The van der Waals surface area contributed by atoms with Crippen LogP contribution in [0.3, 0.4) is 0 Å². The summed E-state index contributed by atoms with van der Waals surface area (Å²) in [6, 6.07) is 0. The van der Waals surface area contributed by atoms with Crippen molar-refractivity contribution in [3.05, 3.63) is 106 Å². The summed E-state index contributed by atoms with van der Waals surface area (Å²) in [5.74, 6) is 7.05. The van der Waals surface area contributed by atoms with Crippen LogP contribution in [0.15, 0.2) is 106 Å². The molecule has 216 valence electrons. The molecule has 0 heteroatoms. The van der Waals surface area contributed by atoms with Crippen LogP contribution in [0.5, 0.6) is 0 Å². The molecule has 0 aromatic carbocycles. The molecule has 0 saturated carbocycles. The van der Waals surface area contributed by atoms with E-state index in [4.69, 9.17) is 0 Å². The van der Waals surface area contributed by atoms with Gasteiger partial charge in [0, 0.05) is 12.3 Å². The van der Waals surface area contributed by atoms with Crippen LogP contribution in [0.1, 0.15) is 114 Å². The van der Waals surface area contributed by atoms with Crippen molar-refractivity contribution in [3.8, 4) is 11.8 Å². The van der Waals surface area contributed by atoms with Gasteiger partial charge >= 0.3 is 0 Å². The first kappa shape index (κ1) is 33.4. The zero-order valence-corrected chi connectivity index (χ0v) is 27.4. The number of hydrogen-bond donors (Lipinski definition) is 0. The second kappa shape index (κ2) is 15.9. The predicted molar refractivity (Wildman–Crippen MR) is 180 cm³/mol. The van der Waals surface area contributed by atoms with Gasteiger partial charge in [-0.1, -0.05) is 134 Å². The van der Waals surface area contributed by atoms with Gasteiger partial charge in [0.1, 0.15) is 0 Å². The zero-order chi connectivity index (χ0) is 29.8. The van der Waals surface area contributed by atoms with E-state index in [0.717, 1.165) is 6.42 Å². The number of rotatable bonds is 9. The molecule has 0 nitrogen and oxygen atoms in total. The smallest absolute Gasteiger partial charge is 0.0357 e. The second-order valence-corrected chi connectivity index (χ2v) is 13.4. The largest absolute Gasteiger partial charge is 0.0983 e. The Morgan fingerprint density at radius 3 is 1.88 bits per heavy atom. The Kier molecular flexibility index (Phi) is 13.3. The molecule has 0 saturated heterocycles. The highest BCUT2D eigenvalue weighted by molar-refractivity contribution is 5.37. The zero-order valence-electron chi connectivity index (χ0n) is 27.4. The minimum Gasteiger partial charge on any atom is -0.0983 e. The van der Waals surface area contributed by atoms with Crippen LogP contribution in [0.4, 0.5) is 0 Å². The Morgan fingerprint density at radius 2 is 1.27 bits per heavy atom. The third-order valence-corrected chi connectivity index (χ3v) is 8.42. The first-order valence-corrected chi connectivity index (χ1v) is 15.4. The molecule has 0 aliphatic heterocycles. The Morgan fingerprint density at radius 1 is 0.750 bits per heavy atom. The summed E-state index contributed by atoms with van der Waals surface area (Å²) >= 11 is 0. The monoisotopic (exact) mass is 536 g/mol. The van der Waals surface area contributed by atoms with Crippen molar-refractivity contribution in [2.75, 3.05) is 0 Å². The molecule has 0 heterocycles. The molecule has 0 N–H and O–H groups in total. The standard InChI is InChI=1S/C40H56/c1-31(19-13-21-33(3)25-27-37-35(5)23-15-29-39(37,7)8)17-11-12-18-32(2)20-14-22-34(4)26-28-38-36(6)24-16-30-40(38,9)10/h11-13,17-19,21,25-28,34H,15-16,20,23-24,29-30H2,1-10H3/b12-11+,19-13-,27-25+,28-26+,31-17-,32-18+,33-21+. The van der Waals surface area contributed by atoms with Crippen molar-refractivity contribution in [1.29, 1.82) is 0 Å². The van der Waals surface area contributed by atoms with Gasteiger partial charge in [0.2, 0.25) is 0 Å². The van der Waals surface area contributed by atoms with Crippen LogP contribution in [-0.4, -0.2) is 0 Å². The molecule has 0 aromatic heterocycles. The average molecular weight is 537 g/mol. The summed E-state index contributed by atoms with van der Waals surface area (Å²) in [5, 5.41) is 0. The van der Waals surface area contributed by atoms with Crippen LogP contribution < -0.4 is 0 Å². The summed E-state index contributed by atoms with van der Waals surface area (Å²) in [7, 11) is 0. The molecule has 0 spiro atoms. The Balaban J connectivity index is 1.85. The van der Waals surface area contributed by atoms with Crippen molar-refractivity contribution >= 4 is 0 Å². The maximum atomic E-state index is 3.41. The summed E-state index contributed by atoms with van der Waals surface area (Å²) in [4.78, 5) is 0.